The molecule has 0 bridgehead atoms. The van der Waals surface area contributed by atoms with E-state index in [0.717, 1.165) is 18.2 Å². The summed E-state index contributed by atoms with van der Waals surface area (Å²) in [5, 5.41) is 9.03. The Hall–Kier alpha value is -3.79. The van der Waals surface area contributed by atoms with Gasteiger partial charge in [-0.2, -0.15) is 5.26 Å². The lowest BCUT2D eigenvalue weighted by Gasteiger charge is -2.35. The quantitative estimate of drug-likeness (QED) is 0.516. The van der Waals surface area contributed by atoms with Gasteiger partial charge in [-0.3, -0.25) is 4.79 Å². The fraction of sp³-hybridized carbons (Fsp3) is 0.200. The first-order valence-electron chi connectivity index (χ1n) is 10.1. The normalized spacial score (nSPS) is 15.3. The highest BCUT2D eigenvalue weighted by Crippen LogP contribution is 2.40. The van der Waals surface area contributed by atoms with E-state index in [1.807, 2.05) is 6.07 Å². The molecule has 3 aromatic rings. The number of hydrogen-bond acceptors (Lipinski definition) is 3. The van der Waals surface area contributed by atoms with Crippen molar-refractivity contribution in [2.75, 3.05) is 6.54 Å². The number of benzene rings is 3. The minimum absolute atomic E-state index is 0.121. The summed E-state index contributed by atoms with van der Waals surface area (Å²) < 4.78 is 48.1. The summed E-state index contributed by atoms with van der Waals surface area (Å²) in [7, 11) is 0. The molecule has 0 radical (unpaired) electrons. The summed E-state index contributed by atoms with van der Waals surface area (Å²) in [6, 6.07) is 16.2. The van der Waals surface area contributed by atoms with E-state index in [9.17, 15) is 18.0 Å². The number of ether oxygens (including phenoxy) is 1. The molecule has 2 atom stereocenters. The number of carbonyl (C=O) groups excluding carboxylic acids is 1. The summed E-state index contributed by atoms with van der Waals surface area (Å²) in [6.45, 7) is 0.436. The number of halogens is 3. The van der Waals surface area contributed by atoms with Crippen LogP contribution in [0.4, 0.5) is 13.2 Å². The first kappa shape index (κ1) is 21.4. The van der Waals surface area contributed by atoms with E-state index in [-0.39, 0.29) is 11.5 Å². The van der Waals surface area contributed by atoms with Crippen molar-refractivity contribution in [2.45, 2.75) is 25.0 Å². The van der Waals surface area contributed by atoms with Crippen LogP contribution in [-0.2, 0) is 4.79 Å². The predicted molar refractivity (Wildman–Crippen MR) is 111 cm³/mol. The van der Waals surface area contributed by atoms with Crippen molar-refractivity contribution < 1.29 is 22.7 Å². The van der Waals surface area contributed by atoms with Gasteiger partial charge in [-0.25, -0.2) is 13.2 Å². The van der Waals surface area contributed by atoms with Gasteiger partial charge >= 0.3 is 0 Å². The summed E-state index contributed by atoms with van der Waals surface area (Å²) >= 11 is 0. The molecule has 1 heterocycles. The Morgan fingerprint density at radius 2 is 1.53 bits per heavy atom. The molecule has 7 heteroatoms. The van der Waals surface area contributed by atoms with Gasteiger partial charge in [-0.15, -0.1) is 0 Å². The highest BCUT2D eigenvalue weighted by Gasteiger charge is 2.37. The molecule has 0 N–H and O–H groups in total. The second-order valence-electron chi connectivity index (χ2n) is 7.56. The molecule has 1 fully saturated rings. The molecule has 0 unspecified atom stereocenters. The number of hydrogen-bond donors (Lipinski definition) is 0. The van der Waals surface area contributed by atoms with E-state index in [1.54, 1.807) is 29.2 Å². The Balaban J connectivity index is 1.84. The molecule has 1 aliphatic heterocycles. The van der Waals surface area contributed by atoms with Crippen LogP contribution in [0.3, 0.4) is 0 Å². The van der Waals surface area contributed by atoms with Crippen molar-refractivity contribution >= 4 is 5.91 Å². The lowest BCUT2D eigenvalue weighted by atomic mass is 9.93. The van der Waals surface area contributed by atoms with Crippen LogP contribution in [0.5, 0.6) is 5.75 Å². The van der Waals surface area contributed by atoms with Gasteiger partial charge in [0.05, 0.1) is 17.7 Å². The van der Waals surface area contributed by atoms with Crippen LogP contribution in [0.2, 0.25) is 0 Å². The van der Waals surface area contributed by atoms with Gasteiger partial charge in [0.15, 0.2) is 0 Å². The molecule has 4 rings (SSSR count). The number of likely N-dealkylation sites (tertiary alicyclic amines) is 1. The van der Waals surface area contributed by atoms with E-state index >= 15 is 0 Å². The zero-order valence-electron chi connectivity index (χ0n) is 17.0. The summed E-state index contributed by atoms with van der Waals surface area (Å²) in [6.07, 6.45) is -0.00295. The van der Waals surface area contributed by atoms with Crippen LogP contribution >= 0.6 is 0 Å². The molecule has 0 spiro atoms. The molecule has 1 aliphatic rings. The maximum atomic E-state index is 14.1. The molecule has 4 nitrogen and oxygen atoms in total. The fourth-order valence-electron chi connectivity index (χ4n) is 3.95. The Morgan fingerprint density at radius 1 is 0.875 bits per heavy atom. The third-order valence-electron chi connectivity index (χ3n) is 5.40. The minimum atomic E-state index is -0.986. The van der Waals surface area contributed by atoms with Crippen molar-refractivity contribution in [2.24, 2.45) is 0 Å². The van der Waals surface area contributed by atoms with Crippen LogP contribution in [0.1, 0.15) is 41.7 Å². The summed E-state index contributed by atoms with van der Waals surface area (Å²) in [4.78, 5) is 14.3. The topological polar surface area (TPSA) is 53.3 Å². The Bertz CT molecular complexity index is 1140. The highest BCUT2D eigenvalue weighted by molar-refractivity contribution is 5.78. The molecular formula is C25H19F3N2O2. The minimum Gasteiger partial charge on any atom is -0.483 e. The molecular weight excluding hydrogens is 417 g/mol. The fourth-order valence-corrected chi connectivity index (χ4v) is 3.95. The molecule has 32 heavy (non-hydrogen) atoms. The van der Waals surface area contributed by atoms with Gasteiger partial charge < -0.3 is 9.64 Å². The first-order valence-corrected chi connectivity index (χ1v) is 10.1. The van der Waals surface area contributed by atoms with E-state index in [4.69, 9.17) is 10.00 Å². The molecule has 1 amide bonds. The van der Waals surface area contributed by atoms with Crippen LogP contribution in [-0.4, -0.2) is 17.4 Å². The second-order valence-corrected chi connectivity index (χ2v) is 7.56. The van der Waals surface area contributed by atoms with Crippen LogP contribution in [0.15, 0.2) is 66.7 Å². The summed E-state index contributed by atoms with van der Waals surface area (Å²) in [5.74, 6) is -1.76. The third kappa shape index (κ3) is 4.59. The number of nitriles is 1. The van der Waals surface area contributed by atoms with Crippen molar-refractivity contribution in [1.29, 1.82) is 5.26 Å². The van der Waals surface area contributed by atoms with Crippen LogP contribution < -0.4 is 4.74 Å². The van der Waals surface area contributed by atoms with Gasteiger partial charge in [0.1, 0.15) is 29.3 Å². The van der Waals surface area contributed by atoms with E-state index in [1.165, 1.54) is 24.3 Å². The van der Waals surface area contributed by atoms with Crippen LogP contribution in [0.25, 0.3) is 0 Å². The van der Waals surface area contributed by atoms with E-state index in [0.29, 0.717) is 36.3 Å². The van der Waals surface area contributed by atoms with Gasteiger partial charge in [0.2, 0.25) is 5.91 Å². The molecule has 0 aromatic heterocycles. The Morgan fingerprint density at radius 3 is 2.09 bits per heavy atom. The van der Waals surface area contributed by atoms with Crippen LogP contribution in [0, 0.1) is 28.8 Å². The van der Waals surface area contributed by atoms with Crippen molar-refractivity contribution in [3.8, 4) is 11.8 Å². The maximum Gasteiger partial charge on any atom is 0.223 e. The maximum absolute atomic E-state index is 14.1. The Kier molecular flexibility index (Phi) is 6.13. The van der Waals surface area contributed by atoms with Crippen molar-refractivity contribution in [3.63, 3.8) is 0 Å². The molecule has 1 saturated heterocycles. The SMILES string of the molecule is N#Cc1ccc(O[C@@H](c2cc(F)cc(F)c2)[C@@H](c2ccc(F)cc2)N2CCCC2=O)cc1. The Labute approximate surface area is 183 Å². The monoisotopic (exact) mass is 436 g/mol. The zero-order chi connectivity index (χ0) is 22.7. The lowest BCUT2D eigenvalue weighted by Crippen LogP contribution is -2.36. The third-order valence-corrected chi connectivity index (χ3v) is 5.40. The predicted octanol–water partition coefficient (Wildman–Crippen LogP) is 5.46. The zero-order valence-corrected chi connectivity index (χ0v) is 17.0. The standard InChI is InChI=1S/C25H19F3N2O2/c26-19-7-5-17(6-8-19)24(30-11-1-2-23(30)31)25(18-12-20(27)14-21(28)13-18)32-22-9-3-16(15-29)4-10-22/h3-10,12-14,24-25H,1-2,11H2/t24-,25+/m1/s1. The molecule has 3 aromatic carbocycles. The molecule has 0 aliphatic carbocycles. The number of carbonyl (C=O) groups is 1. The smallest absolute Gasteiger partial charge is 0.223 e. The highest BCUT2D eigenvalue weighted by atomic mass is 19.1. The van der Waals surface area contributed by atoms with E-state index in [2.05, 4.69) is 0 Å². The second kappa shape index (κ2) is 9.15. The van der Waals surface area contributed by atoms with Gasteiger partial charge in [0.25, 0.3) is 0 Å². The van der Waals surface area contributed by atoms with Gasteiger partial charge in [-0.1, -0.05) is 12.1 Å². The van der Waals surface area contributed by atoms with Crippen molar-refractivity contribution in [1.82, 2.24) is 4.90 Å². The summed E-state index contributed by atoms with van der Waals surface area (Å²) in [5.41, 5.74) is 1.20. The average molecular weight is 436 g/mol. The molecule has 0 saturated carbocycles. The van der Waals surface area contributed by atoms with Gasteiger partial charge in [0, 0.05) is 24.6 Å². The number of rotatable bonds is 6. The van der Waals surface area contributed by atoms with Crippen molar-refractivity contribution in [3.05, 3.63) is 101 Å². The molecule has 162 valence electrons. The largest absolute Gasteiger partial charge is 0.483 e. The lowest BCUT2D eigenvalue weighted by molar-refractivity contribution is -0.131. The number of nitrogens with zero attached hydrogens (tertiary/aromatic N) is 2. The van der Waals surface area contributed by atoms with E-state index < -0.39 is 29.6 Å². The average Bonchev–Trinajstić information content (AvgIpc) is 3.20. The first-order chi connectivity index (χ1) is 15.4. The van der Waals surface area contributed by atoms with Gasteiger partial charge in [-0.05, 0) is 60.5 Å². The number of amides is 1.